The van der Waals surface area contributed by atoms with Crippen molar-refractivity contribution in [2.45, 2.75) is 26.7 Å². The Morgan fingerprint density at radius 2 is 2.14 bits per heavy atom. The number of thiophene rings is 1. The summed E-state index contributed by atoms with van der Waals surface area (Å²) in [5, 5.41) is 21.6. The Morgan fingerprint density at radius 3 is 2.76 bits per heavy atom. The lowest BCUT2D eigenvalue weighted by atomic mass is 9.99. The number of aliphatic hydroxyl groups is 1. The topological polar surface area (TPSA) is 89.9 Å². The Morgan fingerprint density at radius 1 is 1.43 bits per heavy atom. The van der Waals surface area contributed by atoms with Crippen molar-refractivity contribution in [3.63, 3.8) is 0 Å². The molecule has 1 saturated heterocycles. The molecular weight excluding hydrogens is 292 g/mol. The van der Waals surface area contributed by atoms with Gasteiger partial charge in [-0.1, -0.05) is 0 Å². The van der Waals surface area contributed by atoms with Gasteiger partial charge in [-0.15, -0.1) is 11.3 Å². The zero-order valence-corrected chi connectivity index (χ0v) is 13.0. The number of piperidine rings is 1. The molecule has 0 spiro atoms. The summed E-state index contributed by atoms with van der Waals surface area (Å²) in [6, 6.07) is -0.295. The molecule has 3 N–H and O–H groups in total. The van der Waals surface area contributed by atoms with Crippen LogP contribution in [-0.4, -0.2) is 46.8 Å². The number of carbonyl (C=O) groups excluding carboxylic acids is 1. The number of aryl methyl sites for hydroxylation is 1. The summed E-state index contributed by atoms with van der Waals surface area (Å²) in [5.41, 5.74) is 0.858. The van der Waals surface area contributed by atoms with Gasteiger partial charge in [0.2, 0.25) is 0 Å². The lowest BCUT2D eigenvalue weighted by Crippen LogP contribution is -2.43. The van der Waals surface area contributed by atoms with Gasteiger partial charge in [0.25, 0.3) is 0 Å². The van der Waals surface area contributed by atoms with Gasteiger partial charge in [-0.3, -0.25) is 5.32 Å². The van der Waals surface area contributed by atoms with Crippen LogP contribution in [0.1, 0.15) is 33.6 Å². The van der Waals surface area contributed by atoms with Gasteiger partial charge >= 0.3 is 12.0 Å². The number of hydrogen-bond donors (Lipinski definition) is 3. The van der Waals surface area contributed by atoms with Crippen LogP contribution in [0.15, 0.2) is 0 Å². The largest absolute Gasteiger partial charge is 0.478 e. The first-order valence-corrected chi connectivity index (χ1v) is 7.75. The number of nitrogens with zero attached hydrogens (tertiary/aromatic N) is 1. The number of anilines is 1. The van der Waals surface area contributed by atoms with Gasteiger partial charge in [0.1, 0.15) is 5.00 Å². The highest BCUT2D eigenvalue weighted by Gasteiger charge is 2.26. The number of hydrogen-bond acceptors (Lipinski definition) is 4. The second-order valence-electron chi connectivity index (χ2n) is 5.36. The minimum absolute atomic E-state index is 0.0708. The van der Waals surface area contributed by atoms with E-state index in [2.05, 4.69) is 5.32 Å². The van der Waals surface area contributed by atoms with Crippen molar-refractivity contribution in [1.29, 1.82) is 0 Å². The Kier molecular flexibility index (Phi) is 4.84. The van der Waals surface area contributed by atoms with Crippen molar-refractivity contribution < 1.29 is 19.8 Å². The maximum absolute atomic E-state index is 12.3. The number of carboxylic acids is 1. The summed E-state index contributed by atoms with van der Waals surface area (Å²) in [4.78, 5) is 26.1. The predicted octanol–water partition coefficient (Wildman–Crippen LogP) is 2.30. The van der Waals surface area contributed by atoms with Crippen molar-refractivity contribution in [3.8, 4) is 0 Å². The van der Waals surface area contributed by atoms with E-state index in [9.17, 15) is 19.8 Å². The number of carbonyl (C=O) groups is 2. The summed E-state index contributed by atoms with van der Waals surface area (Å²) in [7, 11) is 0. The lowest BCUT2D eigenvalue weighted by Gasteiger charge is -2.31. The minimum atomic E-state index is -1.03. The highest BCUT2D eigenvalue weighted by atomic mass is 32.1. The Hall–Kier alpha value is -1.60. The van der Waals surface area contributed by atoms with E-state index in [1.165, 1.54) is 11.3 Å². The van der Waals surface area contributed by atoms with Crippen molar-refractivity contribution in [3.05, 3.63) is 16.0 Å². The summed E-state index contributed by atoms with van der Waals surface area (Å²) in [6.45, 7) is 4.79. The summed E-state index contributed by atoms with van der Waals surface area (Å²) in [6.07, 6.45) is 1.77. The maximum atomic E-state index is 12.3. The molecule has 2 rings (SSSR count). The van der Waals surface area contributed by atoms with Crippen LogP contribution in [0.5, 0.6) is 0 Å². The number of aliphatic hydroxyl groups excluding tert-OH is 1. The highest BCUT2D eigenvalue weighted by Crippen LogP contribution is 2.32. The van der Waals surface area contributed by atoms with Gasteiger partial charge in [-0.25, -0.2) is 9.59 Å². The smallest absolute Gasteiger partial charge is 0.338 e. The first-order valence-electron chi connectivity index (χ1n) is 6.94. The molecule has 0 aliphatic carbocycles. The Bertz CT molecular complexity index is 555. The summed E-state index contributed by atoms with van der Waals surface area (Å²) < 4.78 is 0. The third-order valence-corrected chi connectivity index (χ3v) is 5.01. The maximum Gasteiger partial charge on any atom is 0.338 e. The molecule has 2 amide bonds. The van der Waals surface area contributed by atoms with E-state index in [1.54, 1.807) is 11.8 Å². The molecule has 1 unspecified atom stereocenters. The van der Waals surface area contributed by atoms with Crippen LogP contribution in [0.3, 0.4) is 0 Å². The number of carboxylic acid groups (broad SMARTS) is 1. The first-order chi connectivity index (χ1) is 9.93. The van der Waals surface area contributed by atoms with E-state index >= 15 is 0 Å². The number of urea groups is 1. The lowest BCUT2D eigenvalue weighted by molar-refractivity contribution is 0.0697. The van der Waals surface area contributed by atoms with Crippen LogP contribution in [0.2, 0.25) is 0 Å². The molecule has 1 aliphatic heterocycles. The molecule has 0 radical (unpaired) electrons. The third-order valence-electron chi connectivity index (χ3n) is 3.88. The van der Waals surface area contributed by atoms with Crippen LogP contribution >= 0.6 is 11.3 Å². The van der Waals surface area contributed by atoms with Gasteiger partial charge in [0.15, 0.2) is 0 Å². The second-order valence-corrected chi connectivity index (χ2v) is 6.58. The first kappa shape index (κ1) is 15.8. The zero-order chi connectivity index (χ0) is 15.6. The summed E-state index contributed by atoms with van der Waals surface area (Å²) >= 11 is 1.28. The van der Waals surface area contributed by atoms with Crippen LogP contribution in [0.4, 0.5) is 9.80 Å². The zero-order valence-electron chi connectivity index (χ0n) is 12.2. The fourth-order valence-electron chi connectivity index (χ4n) is 2.55. The SMILES string of the molecule is Cc1sc(NC(=O)N2CCCC(CO)C2)c(C(=O)O)c1C. The molecular formula is C14H20N2O4S. The molecule has 7 heteroatoms. The number of likely N-dealkylation sites (tertiary alicyclic amines) is 1. The van der Waals surface area contributed by atoms with Crippen LogP contribution in [-0.2, 0) is 0 Å². The predicted molar refractivity (Wildman–Crippen MR) is 81.2 cm³/mol. The average Bonchev–Trinajstić information content (AvgIpc) is 2.73. The number of nitrogens with one attached hydrogen (secondary N) is 1. The van der Waals surface area contributed by atoms with E-state index in [-0.39, 0.29) is 24.1 Å². The standard InChI is InChI=1S/C14H20N2O4S/c1-8-9(2)21-12(11(8)13(18)19)15-14(20)16-5-3-4-10(6-16)7-17/h10,17H,3-7H2,1-2H3,(H,15,20)(H,18,19). The normalized spacial score (nSPS) is 18.6. The molecule has 1 atom stereocenters. The van der Waals surface area contributed by atoms with Gasteiger partial charge in [0, 0.05) is 24.6 Å². The third kappa shape index (κ3) is 3.36. The quantitative estimate of drug-likeness (QED) is 0.799. The van der Waals surface area contributed by atoms with E-state index in [0.717, 1.165) is 17.7 Å². The van der Waals surface area contributed by atoms with Crippen molar-refractivity contribution in [2.75, 3.05) is 25.0 Å². The van der Waals surface area contributed by atoms with Gasteiger partial charge < -0.3 is 15.1 Å². The monoisotopic (exact) mass is 312 g/mol. The van der Waals surface area contributed by atoms with Crippen LogP contribution < -0.4 is 5.32 Å². The van der Waals surface area contributed by atoms with Gasteiger partial charge in [-0.05, 0) is 38.2 Å². The molecule has 1 aliphatic rings. The van der Waals surface area contributed by atoms with E-state index < -0.39 is 5.97 Å². The van der Waals surface area contributed by atoms with Gasteiger partial charge in [0.05, 0.1) is 5.56 Å². The van der Waals surface area contributed by atoms with E-state index in [0.29, 0.717) is 23.7 Å². The molecule has 1 aromatic heterocycles. The van der Waals surface area contributed by atoms with E-state index in [1.807, 2.05) is 6.92 Å². The highest BCUT2D eigenvalue weighted by molar-refractivity contribution is 7.16. The van der Waals surface area contributed by atoms with Crippen LogP contribution in [0.25, 0.3) is 0 Å². The fraction of sp³-hybridized carbons (Fsp3) is 0.571. The van der Waals surface area contributed by atoms with Crippen molar-refractivity contribution in [1.82, 2.24) is 4.90 Å². The molecule has 1 aromatic rings. The molecule has 0 bridgehead atoms. The van der Waals surface area contributed by atoms with E-state index in [4.69, 9.17) is 0 Å². The number of amides is 2. The van der Waals surface area contributed by atoms with Crippen molar-refractivity contribution >= 4 is 28.3 Å². The Balaban J connectivity index is 2.13. The molecule has 2 heterocycles. The minimum Gasteiger partial charge on any atom is -0.478 e. The molecule has 6 nitrogen and oxygen atoms in total. The number of aromatic carboxylic acids is 1. The second kappa shape index (κ2) is 6.44. The van der Waals surface area contributed by atoms with Crippen molar-refractivity contribution in [2.24, 2.45) is 5.92 Å². The summed E-state index contributed by atoms with van der Waals surface area (Å²) in [5.74, 6) is -0.922. The Labute approximate surface area is 127 Å². The molecule has 0 aromatic carbocycles. The van der Waals surface area contributed by atoms with Gasteiger partial charge in [-0.2, -0.15) is 0 Å². The average molecular weight is 312 g/mol. The fourth-order valence-corrected chi connectivity index (χ4v) is 3.59. The molecule has 21 heavy (non-hydrogen) atoms. The van der Waals surface area contributed by atoms with Crippen LogP contribution in [0, 0.1) is 19.8 Å². The molecule has 0 saturated carbocycles. The number of rotatable bonds is 3. The molecule has 1 fully saturated rings. The molecule has 116 valence electrons.